The molecule has 0 atom stereocenters. The molecular formula is C10H18N2O2. The average Bonchev–Trinajstić information content (AvgIpc) is 2.12. The molecule has 0 aliphatic rings. The summed E-state index contributed by atoms with van der Waals surface area (Å²) in [5.41, 5.74) is 5.09. The summed E-state index contributed by atoms with van der Waals surface area (Å²) in [6.45, 7) is 6.15. The van der Waals surface area contributed by atoms with Crippen LogP contribution >= 0.6 is 0 Å². The summed E-state index contributed by atoms with van der Waals surface area (Å²) < 4.78 is 0. The minimum atomic E-state index is -0.617. The molecule has 0 saturated carbocycles. The van der Waals surface area contributed by atoms with Crippen LogP contribution in [0.4, 0.5) is 0 Å². The van der Waals surface area contributed by atoms with Crippen molar-refractivity contribution < 1.29 is 9.59 Å². The molecule has 14 heavy (non-hydrogen) atoms. The zero-order chi connectivity index (χ0) is 11.0. The summed E-state index contributed by atoms with van der Waals surface area (Å²) in [6, 6.07) is 0. The third kappa shape index (κ3) is 6.22. The second kappa shape index (κ2) is 7.12. The van der Waals surface area contributed by atoms with Gasteiger partial charge in [0.15, 0.2) is 0 Å². The van der Waals surface area contributed by atoms with Gasteiger partial charge in [0, 0.05) is 12.1 Å². The Hall–Kier alpha value is -1.32. The molecule has 0 aromatic heterocycles. The zero-order valence-corrected chi connectivity index (χ0v) is 8.64. The van der Waals surface area contributed by atoms with E-state index < -0.39 is 5.91 Å². The van der Waals surface area contributed by atoms with Gasteiger partial charge in [0.2, 0.25) is 11.8 Å². The van der Waals surface area contributed by atoms with Crippen LogP contribution in [0.15, 0.2) is 12.2 Å². The van der Waals surface area contributed by atoms with E-state index in [1.165, 1.54) is 0 Å². The maximum absolute atomic E-state index is 11.1. The first-order chi connectivity index (χ1) is 6.57. The molecule has 0 bridgehead atoms. The van der Waals surface area contributed by atoms with Crippen molar-refractivity contribution in [3.63, 3.8) is 0 Å². The van der Waals surface area contributed by atoms with Gasteiger partial charge in [-0.2, -0.15) is 0 Å². The van der Waals surface area contributed by atoms with E-state index in [0.717, 1.165) is 19.3 Å². The molecule has 4 heteroatoms. The van der Waals surface area contributed by atoms with Crippen molar-refractivity contribution >= 4 is 11.8 Å². The van der Waals surface area contributed by atoms with Gasteiger partial charge in [-0.3, -0.25) is 9.59 Å². The van der Waals surface area contributed by atoms with Gasteiger partial charge in [-0.25, -0.2) is 0 Å². The molecule has 0 aliphatic carbocycles. The van der Waals surface area contributed by atoms with Gasteiger partial charge < -0.3 is 11.1 Å². The van der Waals surface area contributed by atoms with Crippen LogP contribution in [0.25, 0.3) is 0 Å². The van der Waals surface area contributed by atoms with Crippen molar-refractivity contribution in [3.8, 4) is 0 Å². The molecule has 3 N–H and O–H groups in total. The Labute approximate surface area is 84.5 Å². The Morgan fingerprint density at radius 2 is 2.00 bits per heavy atom. The SMILES string of the molecule is C=C(CC(=O)NCCCCC)C(N)=O. The maximum atomic E-state index is 11.1. The van der Waals surface area contributed by atoms with Crippen molar-refractivity contribution in [2.45, 2.75) is 32.6 Å². The highest BCUT2D eigenvalue weighted by molar-refractivity contribution is 5.96. The van der Waals surface area contributed by atoms with Crippen molar-refractivity contribution in [1.29, 1.82) is 0 Å². The maximum Gasteiger partial charge on any atom is 0.244 e. The van der Waals surface area contributed by atoms with Crippen molar-refractivity contribution in [1.82, 2.24) is 5.32 Å². The molecule has 0 spiro atoms. The standard InChI is InChI=1S/C10H18N2O2/c1-3-4-5-6-12-9(13)7-8(2)10(11)14/h2-7H2,1H3,(H2,11,14)(H,12,13). The second-order valence-electron chi connectivity index (χ2n) is 3.20. The predicted molar refractivity (Wildman–Crippen MR) is 55.5 cm³/mol. The lowest BCUT2D eigenvalue weighted by atomic mass is 10.2. The van der Waals surface area contributed by atoms with Crippen LogP contribution in [0.5, 0.6) is 0 Å². The predicted octanol–water partition coefficient (Wildman–Crippen LogP) is 0.724. The molecule has 0 saturated heterocycles. The second-order valence-corrected chi connectivity index (χ2v) is 3.20. The highest BCUT2D eigenvalue weighted by Crippen LogP contribution is 1.96. The fourth-order valence-electron chi connectivity index (χ4n) is 0.946. The van der Waals surface area contributed by atoms with Gasteiger partial charge in [0.1, 0.15) is 0 Å². The number of primary amides is 1. The number of nitrogens with one attached hydrogen (secondary N) is 1. The molecule has 0 radical (unpaired) electrons. The molecule has 0 fully saturated rings. The van der Waals surface area contributed by atoms with E-state index in [9.17, 15) is 9.59 Å². The van der Waals surface area contributed by atoms with Crippen LogP contribution in [-0.2, 0) is 9.59 Å². The highest BCUT2D eigenvalue weighted by atomic mass is 16.2. The number of hydrogen-bond acceptors (Lipinski definition) is 2. The highest BCUT2D eigenvalue weighted by Gasteiger charge is 2.07. The summed E-state index contributed by atoms with van der Waals surface area (Å²) in [5.74, 6) is -0.807. The molecule has 0 aromatic rings. The Bertz CT molecular complexity index is 224. The first-order valence-corrected chi connectivity index (χ1v) is 4.82. The normalized spacial score (nSPS) is 9.50. The summed E-state index contributed by atoms with van der Waals surface area (Å²) >= 11 is 0. The van der Waals surface area contributed by atoms with Gasteiger partial charge in [-0.1, -0.05) is 26.3 Å². The van der Waals surface area contributed by atoms with E-state index in [4.69, 9.17) is 5.73 Å². The first-order valence-electron chi connectivity index (χ1n) is 4.82. The van der Waals surface area contributed by atoms with E-state index in [-0.39, 0.29) is 17.9 Å². The number of amides is 2. The average molecular weight is 198 g/mol. The zero-order valence-electron chi connectivity index (χ0n) is 8.64. The summed E-state index contributed by atoms with van der Waals surface area (Å²) in [5, 5.41) is 2.70. The topological polar surface area (TPSA) is 72.2 Å². The van der Waals surface area contributed by atoms with Crippen LogP contribution in [-0.4, -0.2) is 18.4 Å². The number of hydrogen-bond donors (Lipinski definition) is 2. The Morgan fingerprint density at radius 1 is 1.36 bits per heavy atom. The van der Waals surface area contributed by atoms with E-state index in [0.29, 0.717) is 6.54 Å². The number of carbonyl (C=O) groups is 2. The molecule has 0 aliphatic heterocycles. The van der Waals surface area contributed by atoms with Crippen LogP contribution in [0.2, 0.25) is 0 Å². The van der Waals surface area contributed by atoms with E-state index >= 15 is 0 Å². The third-order valence-electron chi connectivity index (χ3n) is 1.82. The van der Waals surface area contributed by atoms with Crippen LogP contribution in [0.3, 0.4) is 0 Å². The van der Waals surface area contributed by atoms with Crippen LogP contribution < -0.4 is 11.1 Å². The largest absolute Gasteiger partial charge is 0.366 e. The minimum absolute atomic E-state index is 0.00145. The molecule has 0 unspecified atom stereocenters. The molecule has 4 nitrogen and oxygen atoms in total. The fourth-order valence-corrected chi connectivity index (χ4v) is 0.946. The number of rotatable bonds is 7. The molecular weight excluding hydrogens is 180 g/mol. The van der Waals surface area contributed by atoms with Crippen LogP contribution in [0.1, 0.15) is 32.6 Å². The molecule has 80 valence electrons. The fraction of sp³-hybridized carbons (Fsp3) is 0.600. The van der Waals surface area contributed by atoms with Gasteiger partial charge in [-0.05, 0) is 6.42 Å². The van der Waals surface area contributed by atoms with Crippen molar-refractivity contribution in [2.75, 3.05) is 6.54 Å². The van der Waals surface area contributed by atoms with E-state index in [1.807, 2.05) is 0 Å². The summed E-state index contributed by atoms with van der Waals surface area (Å²) in [4.78, 5) is 21.7. The molecule has 0 aromatic carbocycles. The van der Waals surface area contributed by atoms with E-state index in [2.05, 4.69) is 18.8 Å². The Kier molecular flexibility index (Phi) is 6.45. The Morgan fingerprint density at radius 3 is 2.50 bits per heavy atom. The quantitative estimate of drug-likeness (QED) is 0.467. The van der Waals surface area contributed by atoms with Gasteiger partial charge in [0.25, 0.3) is 0 Å². The van der Waals surface area contributed by atoms with Gasteiger partial charge >= 0.3 is 0 Å². The lowest BCUT2D eigenvalue weighted by Gasteiger charge is -2.04. The summed E-state index contributed by atoms with van der Waals surface area (Å²) in [6.07, 6.45) is 3.17. The number of unbranched alkanes of at least 4 members (excludes halogenated alkanes) is 2. The molecule has 0 heterocycles. The first kappa shape index (κ1) is 12.7. The third-order valence-corrected chi connectivity index (χ3v) is 1.82. The lowest BCUT2D eigenvalue weighted by Crippen LogP contribution is -2.27. The van der Waals surface area contributed by atoms with Gasteiger partial charge in [0.05, 0.1) is 6.42 Å². The monoisotopic (exact) mass is 198 g/mol. The number of carbonyl (C=O) groups excluding carboxylic acids is 2. The van der Waals surface area contributed by atoms with Gasteiger partial charge in [-0.15, -0.1) is 0 Å². The van der Waals surface area contributed by atoms with Crippen molar-refractivity contribution in [2.24, 2.45) is 5.73 Å². The Balaban J connectivity index is 3.56. The summed E-state index contributed by atoms with van der Waals surface area (Å²) in [7, 11) is 0. The lowest BCUT2D eigenvalue weighted by molar-refractivity contribution is -0.122. The number of nitrogens with two attached hydrogens (primary N) is 1. The van der Waals surface area contributed by atoms with E-state index in [1.54, 1.807) is 0 Å². The molecule has 2 amide bonds. The smallest absolute Gasteiger partial charge is 0.244 e. The minimum Gasteiger partial charge on any atom is -0.366 e. The van der Waals surface area contributed by atoms with Crippen LogP contribution in [0, 0.1) is 0 Å². The molecule has 0 rings (SSSR count). The van der Waals surface area contributed by atoms with Crippen molar-refractivity contribution in [3.05, 3.63) is 12.2 Å².